The Bertz CT molecular complexity index is 1310. The maximum atomic E-state index is 12.9. The number of hydrogen-bond donors (Lipinski definition) is 3. The van der Waals surface area contributed by atoms with E-state index in [9.17, 15) is 4.21 Å². The summed E-state index contributed by atoms with van der Waals surface area (Å²) in [6.07, 6.45) is 3.31. The predicted molar refractivity (Wildman–Crippen MR) is 148 cm³/mol. The van der Waals surface area contributed by atoms with Crippen LogP contribution in [0.4, 0.5) is 17.5 Å². The Morgan fingerprint density at radius 2 is 1.89 bits per heavy atom. The molecule has 3 heterocycles. The van der Waals surface area contributed by atoms with Gasteiger partial charge in [0.1, 0.15) is 18.2 Å². The van der Waals surface area contributed by atoms with Gasteiger partial charge in [0.25, 0.3) is 0 Å². The molecule has 1 saturated heterocycles. The van der Waals surface area contributed by atoms with Gasteiger partial charge in [0, 0.05) is 67.4 Å². The van der Waals surface area contributed by atoms with Crippen LogP contribution in [0.1, 0.15) is 12.8 Å². The molecule has 196 valence electrons. The molecule has 1 aromatic heterocycles. The van der Waals surface area contributed by atoms with E-state index in [1.165, 1.54) is 0 Å². The zero-order valence-corrected chi connectivity index (χ0v) is 22.1. The Hall–Kier alpha value is -3.21. The molecule has 2 aliphatic rings. The average molecular weight is 522 g/mol. The standard InChI is InChI=1S/C27H35N7O2S/c1-33-12-14-34(15-13-33)16-17-36-23-9-7-21(8-10-23)25-20-30-27-31-22-5-4-6-24(19-22)37(28,35)18-3-2-11-29-26(25)32-27/h4-10,19-20,28H,2-3,11-18H2,1H3,(H2,29,30,31,32). The van der Waals surface area contributed by atoms with Crippen LogP contribution in [0.5, 0.6) is 5.75 Å². The lowest BCUT2D eigenvalue weighted by atomic mass is 10.1. The summed E-state index contributed by atoms with van der Waals surface area (Å²) in [5.74, 6) is 2.37. The fraction of sp³-hybridized carbons (Fsp3) is 0.407. The number of benzene rings is 2. The summed E-state index contributed by atoms with van der Waals surface area (Å²) in [4.78, 5) is 14.6. The van der Waals surface area contributed by atoms with Crippen molar-refractivity contribution < 1.29 is 8.95 Å². The molecule has 3 N–H and O–H groups in total. The van der Waals surface area contributed by atoms with E-state index in [2.05, 4.69) is 32.5 Å². The number of ether oxygens (including phenoxy) is 1. The number of piperazine rings is 1. The quantitative estimate of drug-likeness (QED) is 0.460. The van der Waals surface area contributed by atoms with Crippen LogP contribution in [0.15, 0.2) is 59.6 Å². The fourth-order valence-electron chi connectivity index (χ4n) is 4.55. The topological polar surface area (TPSA) is 106 Å². The maximum absolute atomic E-state index is 12.9. The minimum Gasteiger partial charge on any atom is -0.492 e. The highest BCUT2D eigenvalue weighted by Gasteiger charge is 2.15. The number of anilines is 3. The van der Waals surface area contributed by atoms with Gasteiger partial charge in [-0.2, -0.15) is 4.98 Å². The molecule has 1 unspecified atom stereocenters. The highest BCUT2D eigenvalue weighted by atomic mass is 32.2. The number of aromatic nitrogens is 2. The predicted octanol–water partition coefficient (Wildman–Crippen LogP) is 4.12. The van der Waals surface area contributed by atoms with Crippen molar-refractivity contribution in [2.45, 2.75) is 17.7 Å². The van der Waals surface area contributed by atoms with Crippen molar-refractivity contribution in [2.75, 3.05) is 69.3 Å². The van der Waals surface area contributed by atoms with E-state index in [1.807, 2.05) is 42.6 Å². The largest absolute Gasteiger partial charge is 0.492 e. The van der Waals surface area contributed by atoms with E-state index in [0.717, 1.165) is 61.8 Å². The molecule has 2 aliphatic heterocycles. The Morgan fingerprint density at radius 3 is 2.70 bits per heavy atom. The SMILES string of the molecule is CN1CCN(CCOc2ccc(-c3cnc4nc3NCCCCS(=N)(=O)c3cccc(c3)N4)cc2)CC1. The van der Waals surface area contributed by atoms with Crippen LogP contribution in [0.2, 0.25) is 0 Å². The highest BCUT2D eigenvalue weighted by Crippen LogP contribution is 2.30. The van der Waals surface area contributed by atoms with Gasteiger partial charge in [0.05, 0.1) is 9.73 Å². The van der Waals surface area contributed by atoms with Crippen molar-refractivity contribution in [2.24, 2.45) is 0 Å². The maximum Gasteiger partial charge on any atom is 0.229 e. The second kappa shape index (κ2) is 11.5. The molecule has 5 rings (SSSR count). The second-order valence-corrected chi connectivity index (χ2v) is 11.9. The van der Waals surface area contributed by atoms with Crippen LogP contribution in [-0.2, 0) is 9.73 Å². The monoisotopic (exact) mass is 521 g/mol. The second-order valence-electron chi connectivity index (χ2n) is 9.64. The van der Waals surface area contributed by atoms with Crippen LogP contribution in [-0.4, -0.2) is 82.7 Å². The molecule has 3 aromatic rings. The van der Waals surface area contributed by atoms with Crippen LogP contribution >= 0.6 is 0 Å². The van der Waals surface area contributed by atoms with E-state index < -0.39 is 9.73 Å². The third-order valence-corrected chi connectivity index (χ3v) is 8.73. The van der Waals surface area contributed by atoms with E-state index in [4.69, 9.17) is 14.5 Å². The van der Waals surface area contributed by atoms with Crippen molar-refractivity contribution >= 4 is 27.2 Å². The van der Waals surface area contributed by atoms with Gasteiger partial charge in [-0.15, -0.1) is 0 Å². The summed E-state index contributed by atoms with van der Waals surface area (Å²) in [5, 5.41) is 6.63. The van der Waals surface area contributed by atoms with Gasteiger partial charge in [0.15, 0.2) is 0 Å². The van der Waals surface area contributed by atoms with E-state index >= 15 is 0 Å². The van der Waals surface area contributed by atoms with Crippen LogP contribution in [0.3, 0.4) is 0 Å². The van der Waals surface area contributed by atoms with Crippen LogP contribution < -0.4 is 15.4 Å². The number of fused-ring (bicyclic) bond motifs is 4. The minimum atomic E-state index is -2.83. The molecule has 0 saturated carbocycles. The summed E-state index contributed by atoms with van der Waals surface area (Å²) in [5.41, 5.74) is 2.62. The molecule has 4 bridgehead atoms. The summed E-state index contributed by atoms with van der Waals surface area (Å²) in [6, 6.07) is 15.3. The first-order valence-electron chi connectivity index (χ1n) is 12.8. The molecule has 2 aromatic carbocycles. The highest BCUT2D eigenvalue weighted by molar-refractivity contribution is 7.92. The first kappa shape index (κ1) is 25.4. The molecule has 10 heteroatoms. The Balaban J connectivity index is 1.29. The lowest BCUT2D eigenvalue weighted by molar-refractivity contribution is 0.134. The number of nitrogens with zero attached hydrogens (tertiary/aromatic N) is 4. The van der Waals surface area contributed by atoms with Crippen LogP contribution in [0.25, 0.3) is 11.1 Å². The molecule has 37 heavy (non-hydrogen) atoms. The summed E-state index contributed by atoms with van der Waals surface area (Å²) in [6.45, 7) is 6.68. The van der Waals surface area contributed by atoms with E-state index in [1.54, 1.807) is 12.1 Å². The number of rotatable bonds is 5. The van der Waals surface area contributed by atoms with Gasteiger partial charge < -0.3 is 20.3 Å². The first-order valence-corrected chi connectivity index (χ1v) is 14.6. The third-order valence-electron chi connectivity index (χ3n) is 6.85. The van der Waals surface area contributed by atoms with Crippen LogP contribution in [0, 0.1) is 4.78 Å². The number of likely N-dealkylation sites (N-methyl/N-ethyl adjacent to an activating group) is 1. The van der Waals surface area contributed by atoms with E-state index in [-0.39, 0.29) is 0 Å². The third kappa shape index (κ3) is 6.57. The van der Waals surface area contributed by atoms with Crippen molar-refractivity contribution in [3.05, 3.63) is 54.7 Å². The van der Waals surface area contributed by atoms with Gasteiger partial charge in [-0.1, -0.05) is 18.2 Å². The molecule has 0 aliphatic carbocycles. The Labute approximate surface area is 219 Å². The normalized spacial score (nSPS) is 21.0. The number of nitrogens with one attached hydrogen (secondary N) is 3. The van der Waals surface area contributed by atoms with Gasteiger partial charge in [-0.05, 0) is 55.8 Å². The summed E-state index contributed by atoms with van der Waals surface area (Å²) >= 11 is 0. The lowest BCUT2D eigenvalue weighted by Gasteiger charge is -2.32. The molecule has 1 fully saturated rings. The lowest BCUT2D eigenvalue weighted by Crippen LogP contribution is -2.45. The minimum absolute atomic E-state index is 0.338. The molecule has 9 nitrogen and oxygen atoms in total. The zero-order chi connectivity index (χ0) is 25.7. The van der Waals surface area contributed by atoms with Crippen molar-refractivity contribution in [1.29, 1.82) is 4.78 Å². The molecular formula is C27H35N7O2S. The molecule has 0 amide bonds. The fourth-order valence-corrected chi connectivity index (χ4v) is 6.01. The summed E-state index contributed by atoms with van der Waals surface area (Å²) < 4.78 is 27.3. The van der Waals surface area contributed by atoms with Crippen molar-refractivity contribution in [1.82, 2.24) is 19.8 Å². The molecular weight excluding hydrogens is 486 g/mol. The van der Waals surface area contributed by atoms with Gasteiger partial charge >= 0.3 is 0 Å². The van der Waals surface area contributed by atoms with Crippen molar-refractivity contribution in [3.63, 3.8) is 0 Å². The smallest absolute Gasteiger partial charge is 0.229 e. The zero-order valence-electron chi connectivity index (χ0n) is 21.3. The Kier molecular flexibility index (Phi) is 7.87. The van der Waals surface area contributed by atoms with Gasteiger partial charge in [-0.3, -0.25) is 4.90 Å². The first-order chi connectivity index (χ1) is 18.0. The van der Waals surface area contributed by atoms with Crippen molar-refractivity contribution in [3.8, 4) is 16.9 Å². The van der Waals surface area contributed by atoms with E-state index in [0.29, 0.717) is 41.9 Å². The number of hydrogen-bond acceptors (Lipinski definition) is 9. The molecule has 1 atom stereocenters. The average Bonchev–Trinajstić information content (AvgIpc) is 2.90. The van der Waals surface area contributed by atoms with Gasteiger partial charge in [-0.25, -0.2) is 14.0 Å². The molecule has 0 radical (unpaired) electrons. The molecule has 0 spiro atoms. The summed E-state index contributed by atoms with van der Waals surface area (Å²) in [7, 11) is -0.665. The van der Waals surface area contributed by atoms with Gasteiger partial charge in [0.2, 0.25) is 5.95 Å². The Morgan fingerprint density at radius 1 is 1.08 bits per heavy atom.